The van der Waals surface area contributed by atoms with Crippen LogP contribution in [0.1, 0.15) is 18.5 Å². The number of benzene rings is 1. The summed E-state index contributed by atoms with van der Waals surface area (Å²) in [6, 6.07) is 6.75. The number of nitrogens with two attached hydrogens (primary N) is 1. The molecule has 0 saturated carbocycles. The van der Waals surface area contributed by atoms with Crippen molar-refractivity contribution in [3.63, 3.8) is 0 Å². The number of ketones is 1. The highest BCUT2D eigenvalue weighted by molar-refractivity contribution is 9.10. The van der Waals surface area contributed by atoms with Gasteiger partial charge in [0, 0.05) is 4.47 Å². The van der Waals surface area contributed by atoms with Gasteiger partial charge >= 0.3 is 0 Å². The van der Waals surface area contributed by atoms with Crippen molar-refractivity contribution in [3.8, 4) is 0 Å². The van der Waals surface area contributed by atoms with E-state index in [-0.39, 0.29) is 18.0 Å². The van der Waals surface area contributed by atoms with Gasteiger partial charge in [0.1, 0.15) is 0 Å². The fourth-order valence-corrected chi connectivity index (χ4v) is 2.97. The highest BCUT2D eigenvalue weighted by atomic mass is 79.9. The Morgan fingerprint density at radius 1 is 1.30 bits per heavy atom. The molecule has 0 bridgehead atoms. The third-order valence-electron chi connectivity index (χ3n) is 3.78. The maximum atomic E-state index is 12.3. The van der Waals surface area contributed by atoms with Gasteiger partial charge in [-0.1, -0.05) is 28.1 Å². The van der Waals surface area contributed by atoms with Gasteiger partial charge in [0.2, 0.25) is 0 Å². The lowest BCUT2D eigenvalue weighted by atomic mass is 9.97. The first kappa shape index (κ1) is 17.7. The lowest BCUT2D eigenvalue weighted by Gasteiger charge is -2.26. The maximum absolute atomic E-state index is 12.3. The molecule has 23 heavy (non-hydrogen) atoms. The molecule has 0 saturated heterocycles. The average molecular weight is 384 g/mol. The monoisotopic (exact) mass is 383 g/mol. The predicted molar refractivity (Wildman–Crippen MR) is 87.7 cm³/mol. The third-order valence-corrected chi connectivity index (χ3v) is 4.30. The van der Waals surface area contributed by atoms with Crippen molar-refractivity contribution in [1.29, 1.82) is 0 Å². The van der Waals surface area contributed by atoms with Crippen molar-refractivity contribution in [2.75, 3.05) is 26.2 Å². The Bertz CT molecular complexity index is 627. The lowest BCUT2D eigenvalue weighted by molar-refractivity contribution is -0.655. The second kappa shape index (κ2) is 7.72. The van der Waals surface area contributed by atoms with Crippen molar-refractivity contribution < 1.29 is 25.1 Å². The molecular formula is C16H20BrN2O4+. The lowest BCUT2D eigenvalue weighted by Crippen LogP contribution is -2.86. The first-order chi connectivity index (χ1) is 11.0. The van der Waals surface area contributed by atoms with E-state index in [1.54, 1.807) is 0 Å². The van der Waals surface area contributed by atoms with E-state index in [4.69, 9.17) is 5.11 Å². The standard InChI is InChI=1S/C16H19BrN2O4/c1-10(21)13-14(11-2-4-12(17)5-3-11)19(16(23)15(13)22)8-6-18-7-9-20/h2-5,14,18,20,22H,6-9H2,1H3/p+1/t14-/m1/s1. The van der Waals surface area contributed by atoms with E-state index in [9.17, 15) is 14.7 Å². The number of aliphatic hydroxyl groups excluding tert-OH is 2. The summed E-state index contributed by atoms with van der Waals surface area (Å²) in [5.74, 6) is -1.31. The number of hydrogen-bond acceptors (Lipinski definition) is 4. The first-order valence-corrected chi connectivity index (χ1v) is 8.19. The van der Waals surface area contributed by atoms with Gasteiger partial charge in [0.15, 0.2) is 11.5 Å². The average Bonchev–Trinajstić information content (AvgIpc) is 2.77. The van der Waals surface area contributed by atoms with Crippen LogP contribution in [0.4, 0.5) is 0 Å². The molecule has 1 aliphatic heterocycles. The minimum atomic E-state index is -0.573. The van der Waals surface area contributed by atoms with Crippen LogP contribution in [0, 0.1) is 0 Å². The van der Waals surface area contributed by atoms with Gasteiger partial charge in [-0.2, -0.15) is 0 Å². The molecule has 0 unspecified atom stereocenters. The molecule has 0 aliphatic carbocycles. The van der Waals surface area contributed by atoms with E-state index < -0.39 is 17.7 Å². The molecule has 6 nitrogen and oxygen atoms in total. The molecule has 0 aromatic heterocycles. The van der Waals surface area contributed by atoms with E-state index in [1.165, 1.54) is 11.8 Å². The molecule has 1 amide bonds. The molecule has 1 heterocycles. The van der Waals surface area contributed by atoms with Gasteiger partial charge in [-0.25, -0.2) is 0 Å². The third kappa shape index (κ3) is 3.80. The zero-order chi connectivity index (χ0) is 17.0. The van der Waals surface area contributed by atoms with E-state index in [2.05, 4.69) is 15.9 Å². The Kier molecular flexibility index (Phi) is 5.92. The molecule has 1 atom stereocenters. The maximum Gasteiger partial charge on any atom is 0.290 e. The van der Waals surface area contributed by atoms with Crippen LogP contribution in [0.5, 0.6) is 0 Å². The molecule has 1 aliphatic rings. The Balaban J connectivity index is 2.31. The van der Waals surface area contributed by atoms with E-state index >= 15 is 0 Å². The van der Waals surface area contributed by atoms with Gasteiger partial charge in [-0.15, -0.1) is 0 Å². The quantitative estimate of drug-likeness (QED) is 0.589. The molecule has 0 radical (unpaired) electrons. The van der Waals surface area contributed by atoms with Crippen LogP contribution in [0.15, 0.2) is 40.1 Å². The van der Waals surface area contributed by atoms with Crippen LogP contribution in [0.3, 0.4) is 0 Å². The van der Waals surface area contributed by atoms with Crippen molar-refractivity contribution >= 4 is 27.6 Å². The van der Waals surface area contributed by atoms with Crippen LogP contribution in [-0.4, -0.2) is 53.0 Å². The summed E-state index contributed by atoms with van der Waals surface area (Å²) in [7, 11) is 0. The number of Topliss-reactive ketones (excluding diaryl/α,β-unsaturated/α-hetero) is 1. The van der Waals surface area contributed by atoms with E-state index in [0.717, 1.165) is 10.0 Å². The SMILES string of the molecule is CC(=O)C1=C(O)C(=O)N(CC[NH2+]CCO)[C@@H]1c1ccc(Br)cc1. The predicted octanol–water partition coefficient (Wildman–Crippen LogP) is 0.289. The van der Waals surface area contributed by atoms with Crippen molar-refractivity contribution in [2.24, 2.45) is 0 Å². The number of amides is 1. The number of aliphatic hydroxyl groups is 2. The van der Waals surface area contributed by atoms with Crippen LogP contribution in [0.2, 0.25) is 0 Å². The molecule has 0 fully saturated rings. The largest absolute Gasteiger partial charge is 0.503 e. The molecule has 2 rings (SSSR count). The zero-order valence-electron chi connectivity index (χ0n) is 12.8. The van der Waals surface area contributed by atoms with Crippen LogP contribution in [0.25, 0.3) is 0 Å². The second-order valence-electron chi connectivity index (χ2n) is 5.36. The molecular weight excluding hydrogens is 364 g/mol. The summed E-state index contributed by atoms with van der Waals surface area (Å²) in [5.41, 5.74) is 0.914. The Labute approximate surface area is 142 Å². The minimum Gasteiger partial charge on any atom is -0.503 e. The molecule has 0 spiro atoms. The molecule has 4 N–H and O–H groups in total. The zero-order valence-corrected chi connectivity index (χ0v) is 14.4. The smallest absolute Gasteiger partial charge is 0.290 e. The normalized spacial score (nSPS) is 18.0. The fraction of sp³-hybridized carbons (Fsp3) is 0.375. The first-order valence-electron chi connectivity index (χ1n) is 7.40. The summed E-state index contributed by atoms with van der Waals surface area (Å²) in [5, 5.41) is 20.8. The minimum absolute atomic E-state index is 0.0618. The summed E-state index contributed by atoms with van der Waals surface area (Å²) in [6.07, 6.45) is 0. The summed E-state index contributed by atoms with van der Waals surface area (Å²) in [6.45, 7) is 2.92. The van der Waals surface area contributed by atoms with Crippen LogP contribution < -0.4 is 5.32 Å². The van der Waals surface area contributed by atoms with Crippen molar-refractivity contribution in [1.82, 2.24) is 4.90 Å². The van der Waals surface area contributed by atoms with Gasteiger partial charge in [0.05, 0.1) is 37.9 Å². The molecule has 1 aromatic rings. The highest BCUT2D eigenvalue weighted by Gasteiger charge is 2.42. The van der Waals surface area contributed by atoms with Gasteiger partial charge in [0.25, 0.3) is 5.91 Å². The number of halogens is 1. The van der Waals surface area contributed by atoms with E-state index in [0.29, 0.717) is 19.6 Å². The molecule has 7 heteroatoms. The molecule has 124 valence electrons. The summed E-state index contributed by atoms with van der Waals surface area (Å²) >= 11 is 3.36. The van der Waals surface area contributed by atoms with Crippen molar-refractivity contribution in [2.45, 2.75) is 13.0 Å². The van der Waals surface area contributed by atoms with Crippen LogP contribution in [-0.2, 0) is 9.59 Å². The Morgan fingerprint density at radius 2 is 1.96 bits per heavy atom. The molecule has 1 aromatic carbocycles. The van der Waals surface area contributed by atoms with Crippen LogP contribution >= 0.6 is 15.9 Å². The van der Waals surface area contributed by atoms with E-state index in [1.807, 2.05) is 29.6 Å². The Hall–Kier alpha value is -1.70. The fourth-order valence-electron chi connectivity index (χ4n) is 2.70. The number of rotatable bonds is 7. The van der Waals surface area contributed by atoms with Crippen molar-refractivity contribution in [3.05, 3.63) is 45.6 Å². The van der Waals surface area contributed by atoms with Gasteiger partial charge < -0.3 is 20.4 Å². The number of quaternary nitrogens is 1. The van der Waals surface area contributed by atoms with Gasteiger partial charge in [-0.3, -0.25) is 9.59 Å². The Morgan fingerprint density at radius 3 is 2.52 bits per heavy atom. The number of hydrogen-bond donors (Lipinski definition) is 3. The number of carbonyl (C=O) groups is 2. The topological polar surface area (TPSA) is 94.5 Å². The summed E-state index contributed by atoms with van der Waals surface area (Å²) in [4.78, 5) is 25.8. The highest BCUT2D eigenvalue weighted by Crippen LogP contribution is 2.37. The van der Waals surface area contributed by atoms with Gasteiger partial charge in [-0.05, 0) is 24.6 Å². The number of nitrogens with zero attached hydrogens (tertiary/aromatic N) is 1. The summed E-state index contributed by atoms with van der Waals surface area (Å²) < 4.78 is 0.894. The number of carbonyl (C=O) groups excluding carboxylic acids is 2. The second-order valence-corrected chi connectivity index (χ2v) is 6.28.